The number of hydrogen-bond acceptors (Lipinski definition) is 9. The SMILES string of the molecule is CSCCC(NC(=O)C(CCSC)NC(=O)C(CCCCN)NC(=O)C(N)CCC(=O)O)C(=O)O. The van der Waals surface area contributed by atoms with E-state index in [4.69, 9.17) is 16.6 Å². The first-order valence-corrected chi connectivity index (χ1v) is 14.1. The fourth-order valence-electron chi connectivity index (χ4n) is 2.99. The van der Waals surface area contributed by atoms with Gasteiger partial charge in [-0.3, -0.25) is 19.2 Å². The molecule has 14 heteroatoms. The topological polar surface area (TPSA) is 214 Å². The Bertz CT molecular complexity index is 699. The minimum Gasteiger partial charge on any atom is -0.481 e. The molecule has 202 valence electrons. The molecule has 0 spiro atoms. The van der Waals surface area contributed by atoms with Crippen LogP contribution in [0.25, 0.3) is 0 Å². The summed E-state index contributed by atoms with van der Waals surface area (Å²) < 4.78 is 0. The van der Waals surface area contributed by atoms with Crippen molar-refractivity contribution in [1.82, 2.24) is 16.0 Å². The smallest absolute Gasteiger partial charge is 0.326 e. The molecular formula is C21H39N5O7S2. The fraction of sp³-hybridized carbons (Fsp3) is 0.762. The summed E-state index contributed by atoms with van der Waals surface area (Å²) in [7, 11) is 0. The number of nitrogens with two attached hydrogens (primary N) is 2. The van der Waals surface area contributed by atoms with Crippen LogP contribution in [0.15, 0.2) is 0 Å². The van der Waals surface area contributed by atoms with Gasteiger partial charge in [0.1, 0.15) is 18.1 Å². The van der Waals surface area contributed by atoms with Crippen molar-refractivity contribution in [3.63, 3.8) is 0 Å². The molecule has 3 amide bonds. The number of aliphatic carboxylic acids is 2. The second-order valence-corrected chi connectivity index (χ2v) is 9.88. The van der Waals surface area contributed by atoms with E-state index in [-0.39, 0.29) is 32.1 Å². The van der Waals surface area contributed by atoms with Gasteiger partial charge in [-0.1, -0.05) is 0 Å². The van der Waals surface area contributed by atoms with Gasteiger partial charge in [0.05, 0.1) is 6.04 Å². The standard InChI is InChI=1S/C21H39N5O7S2/c1-34-11-8-15(20(31)26-16(21(32)33)9-12-35-2)25-19(30)14(5-3-4-10-22)24-18(29)13(23)6-7-17(27)28/h13-16H,3-12,22-23H2,1-2H3,(H,24,29)(H,25,30)(H,26,31)(H,27,28)(H,32,33). The van der Waals surface area contributed by atoms with Crippen LogP contribution in [0.1, 0.15) is 44.9 Å². The number of carboxylic acids is 2. The summed E-state index contributed by atoms with van der Waals surface area (Å²) in [6.07, 6.45) is 5.14. The van der Waals surface area contributed by atoms with E-state index in [0.717, 1.165) is 0 Å². The number of nitrogens with one attached hydrogen (secondary N) is 3. The van der Waals surface area contributed by atoms with Crippen LogP contribution in [0.3, 0.4) is 0 Å². The molecule has 0 saturated carbocycles. The van der Waals surface area contributed by atoms with Crippen LogP contribution >= 0.6 is 23.5 Å². The zero-order valence-corrected chi connectivity index (χ0v) is 21.9. The van der Waals surface area contributed by atoms with E-state index in [9.17, 15) is 29.1 Å². The molecule has 4 atom stereocenters. The molecule has 0 heterocycles. The lowest BCUT2D eigenvalue weighted by molar-refractivity contribution is -0.142. The zero-order valence-electron chi connectivity index (χ0n) is 20.3. The lowest BCUT2D eigenvalue weighted by Gasteiger charge is -2.25. The van der Waals surface area contributed by atoms with Gasteiger partial charge < -0.3 is 37.6 Å². The van der Waals surface area contributed by atoms with Crippen molar-refractivity contribution >= 4 is 53.2 Å². The van der Waals surface area contributed by atoms with E-state index in [0.29, 0.717) is 30.9 Å². The van der Waals surface area contributed by atoms with E-state index >= 15 is 0 Å². The zero-order chi connectivity index (χ0) is 26.8. The molecule has 0 bridgehead atoms. The van der Waals surface area contributed by atoms with E-state index in [1.165, 1.54) is 23.5 Å². The Balaban J connectivity index is 5.41. The van der Waals surface area contributed by atoms with Crippen LogP contribution in [0.5, 0.6) is 0 Å². The van der Waals surface area contributed by atoms with Gasteiger partial charge in [0, 0.05) is 6.42 Å². The second kappa shape index (κ2) is 19.2. The second-order valence-electron chi connectivity index (χ2n) is 7.91. The summed E-state index contributed by atoms with van der Waals surface area (Å²) in [5.74, 6) is -3.09. The van der Waals surface area contributed by atoms with Crippen LogP contribution in [0.4, 0.5) is 0 Å². The van der Waals surface area contributed by atoms with Crippen molar-refractivity contribution in [3.8, 4) is 0 Å². The molecule has 0 fully saturated rings. The first kappa shape index (κ1) is 33.0. The highest BCUT2D eigenvalue weighted by Gasteiger charge is 2.30. The quantitative estimate of drug-likeness (QED) is 0.0969. The maximum Gasteiger partial charge on any atom is 0.326 e. The molecule has 0 saturated heterocycles. The molecule has 0 aliphatic carbocycles. The van der Waals surface area contributed by atoms with E-state index < -0.39 is 53.8 Å². The monoisotopic (exact) mass is 537 g/mol. The Hall–Kier alpha value is -2.03. The number of hydrogen-bond donors (Lipinski definition) is 7. The molecule has 0 aromatic heterocycles. The van der Waals surface area contributed by atoms with E-state index in [1.54, 1.807) is 0 Å². The molecule has 9 N–H and O–H groups in total. The number of unbranched alkanes of at least 4 members (excludes halogenated alkanes) is 1. The minimum absolute atomic E-state index is 0.0936. The minimum atomic E-state index is -1.16. The Morgan fingerprint density at radius 3 is 1.71 bits per heavy atom. The average molecular weight is 538 g/mol. The largest absolute Gasteiger partial charge is 0.481 e. The highest BCUT2D eigenvalue weighted by Crippen LogP contribution is 2.08. The number of thioether (sulfide) groups is 2. The average Bonchev–Trinajstić information content (AvgIpc) is 2.81. The van der Waals surface area contributed by atoms with Crippen molar-refractivity contribution in [3.05, 3.63) is 0 Å². The molecule has 0 aliphatic rings. The summed E-state index contributed by atoms with van der Waals surface area (Å²) in [5, 5.41) is 25.8. The maximum absolute atomic E-state index is 13.0. The molecule has 0 rings (SSSR count). The normalized spacial score (nSPS) is 14.3. The van der Waals surface area contributed by atoms with Gasteiger partial charge in [-0.15, -0.1) is 0 Å². The van der Waals surface area contributed by atoms with Crippen LogP contribution in [0, 0.1) is 0 Å². The van der Waals surface area contributed by atoms with Gasteiger partial charge in [-0.2, -0.15) is 23.5 Å². The Kier molecular flexibility index (Phi) is 18.1. The first-order chi connectivity index (χ1) is 16.6. The van der Waals surface area contributed by atoms with Crippen LogP contribution in [-0.4, -0.2) is 94.6 Å². The predicted octanol–water partition coefficient (Wildman–Crippen LogP) is -0.647. The summed E-state index contributed by atoms with van der Waals surface area (Å²) in [5.41, 5.74) is 11.3. The van der Waals surface area contributed by atoms with Crippen molar-refractivity contribution in [1.29, 1.82) is 0 Å². The van der Waals surface area contributed by atoms with Gasteiger partial charge in [0.15, 0.2) is 0 Å². The van der Waals surface area contributed by atoms with Crippen molar-refractivity contribution < 1.29 is 34.2 Å². The Morgan fingerprint density at radius 1 is 0.743 bits per heavy atom. The fourth-order valence-corrected chi connectivity index (χ4v) is 3.94. The highest BCUT2D eigenvalue weighted by molar-refractivity contribution is 7.98. The van der Waals surface area contributed by atoms with Gasteiger partial charge in [-0.25, -0.2) is 4.79 Å². The van der Waals surface area contributed by atoms with Gasteiger partial charge in [0.2, 0.25) is 17.7 Å². The number of carboxylic acid groups (broad SMARTS) is 2. The lowest BCUT2D eigenvalue weighted by Crippen LogP contribution is -2.57. The number of amides is 3. The van der Waals surface area contributed by atoms with E-state index in [1.807, 2.05) is 12.5 Å². The van der Waals surface area contributed by atoms with Crippen molar-refractivity contribution in [2.24, 2.45) is 11.5 Å². The third kappa shape index (κ3) is 14.9. The lowest BCUT2D eigenvalue weighted by atomic mass is 10.1. The highest BCUT2D eigenvalue weighted by atomic mass is 32.2. The third-order valence-electron chi connectivity index (χ3n) is 5.05. The van der Waals surface area contributed by atoms with Crippen molar-refractivity contribution in [2.75, 3.05) is 30.6 Å². The molecule has 0 aromatic rings. The third-order valence-corrected chi connectivity index (χ3v) is 6.34. The molecule has 12 nitrogen and oxygen atoms in total. The van der Waals surface area contributed by atoms with Gasteiger partial charge >= 0.3 is 11.9 Å². The number of carbonyl (C=O) groups is 5. The van der Waals surface area contributed by atoms with Gasteiger partial charge in [0.25, 0.3) is 0 Å². The van der Waals surface area contributed by atoms with Gasteiger partial charge in [-0.05, 0) is 69.1 Å². The summed E-state index contributed by atoms with van der Waals surface area (Å²) in [6.45, 7) is 0.395. The summed E-state index contributed by atoms with van der Waals surface area (Å²) >= 11 is 2.92. The molecule has 0 aliphatic heterocycles. The first-order valence-electron chi connectivity index (χ1n) is 11.4. The Labute approximate surface area is 214 Å². The van der Waals surface area contributed by atoms with Crippen molar-refractivity contribution in [2.45, 2.75) is 69.1 Å². The van der Waals surface area contributed by atoms with Crippen LogP contribution < -0.4 is 27.4 Å². The van der Waals surface area contributed by atoms with Crippen LogP contribution in [0.2, 0.25) is 0 Å². The number of rotatable bonds is 20. The predicted molar refractivity (Wildman–Crippen MR) is 137 cm³/mol. The number of carbonyl (C=O) groups excluding carboxylic acids is 3. The van der Waals surface area contributed by atoms with E-state index in [2.05, 4.69) is 16.0 Å². The summed E-state index contributed by atoms with van der Waals surface area (Å²) in [6, 6.07) is -4.21. The Morgan fingerprint density at radius 2 is 1.23 bits per heavy atom. The molecule has 35 heavy (non-hydrogen) atoms. The molecule has 0 radical (unpaired) electrons. The maximum atomic E-state index is 13.0. The summed E-state index contributed by atoms with van der Waals surface area (Å²) in [4.78, 5) is 60.6. The molecule has 0 aromatic carbocycles. The molecular weight excluding hydrogens is 498 g/mol. The molecule has 4 unspecified atom stereocenters. The van der Waals surface area contributed by atoms with Crippen LogP contribution in [-0.2, 0) is 24.0 Å².